The number of nitrogens with zero attached hydrogens (tertiary/aromatic N) is 4. The summed E-state index contributed by atoms with van der Waals surface area (Å²) in [5, 5.41) is 20.6. The molecule has 0 spiro atoms. The summed E-state index contributed by atoms with van der Waals surface area (Å²) < 4.78 is 7.75. The molecule has 0 saturated carbocycles. The summed E-state index contributed by atoms with van der Waals surface area (Å²) in [5.41, 5.74) is 1.15. The molecule has 1 aromatic heterocycles. The highest BCUT2D eigenvalue weighted by Gasteiger charge is 2.40. The molecule has 2 aromatic rings. The van der Waals surface area contributed by atoms with Gasteiger partial charge in [-0.3, -0.25) is 14.3 Å². The second-order valence-electron chi connectivity index (χ2n) is 7.77. The van der Waals surface area contributed by atoms with E-state index in [1.807, 2.05) is 12.1 Å². The molecule has 2 aliphatic rings. The molecule has 1 amide bonds. The number of hydrogen-bond acceptors (Lipinski definition) is 6. The fourth-order valence-electron chi connectivity index (χ4n) is 3.70. The van der Waals surface area contributed by atoms with Crippen molar-refractivity contribution in [3.63, 3.8) is 0 Å². The van der Waals surface area contributed by atoms with Crippen molar-refractivity contribution in [2.45, 2.75) is 31.1 Å². The van der Waals surface area contributed by atoms with Gasteiger partial charge in [0.25, 0.3) is 5.91 Å². The Labute approximate surface area is 206 Å². The number of carbonyl (C=O) groups excluding carboxylic acids is 1. The number of ether oxygens (including phenoxy) is 1. The van der Waals surface area contributed by atoms with E-state index in [1.165, 1.54) is 9.80 Å². The van der Waals surface area contributed by atoms with Crippen LogP contribution < -0.4 is 9.64 Å². The molecule has 8 nitrogen and oxygen atoms in total. The largest absolute Gasteiger partial charge is 0.430 e. The Morgan fingerprint density at radius 1 is 1.21 bits per heavy atom. The molecule has 1 aliphatic carbocycles. The zero-order valence-corrected chi connectivity index (χ0v) is 20.1. The van der Waals surface area contributed by atoms with Gasteiger partial charge >= 0.3 is 6.01 Å². The summed E-state index contributed by atoms with van der Waals surface area (Å²) in [6, 6.07) is 7.42. The predicted octanol–water partition coefficient (Wildman–Crippen LogP) is 3.53. The third-order valence-electron chi connectivity index (χ3n) is 5.48. The van der Waals surface area contributed by atoms with Crippen molar-refractivity contribution >= 4 is 46.5 Å². The Kier molecular flexibility index (Phi) is 7.21. The molecule has 0 saturated heterocycles. The van der Waals surface area contributed by atoms with Gasteiger partial charge in [-0.05, 0) is 36.3 Å². The van der Waals surface area contributed by atoms with Gasteiger partial charge in [-0.1, -0.05) is 35.3 Å². The maximum atomic E-state index is 13.4. The Bertz CT molecular complexity index is 1100. The molecule has 2 unspecified atom stereocenters. The minimum Gasteiger partial charge on any atom is -0.430 e. The van der Waals surface area contributed by atoms with Gasteiger partial charge in [0, 0.05) is 36.7 Å². The van der Waals surface area contributed by atoms with Crippen LogP contribution in [0.4, 0.5) is 5.82 Å². The fourth-order valence-corrected chi connectivity index (χ4v) is 4.19. The monoisotopic (exact) mass is 512 g/mol. The molecule has 0 radical (unpaired) electrons. The van der Waals surface area contributed by atoms with Crippen molar-refractivity contribution in [2.75, 3.05) is 25.1 Å². The number of imidazole rings is 1. The first-order chi connectivity index (χ1) is 15.8. The Morgan fingerprint density at radius 2 is 1.94 bits per heavy atom. The molecule has 33 heavy (non-hydrogen) atoms. The molecule has 11 heteroatoms. The van der Waals surface area contributed by atoms with Gasteiger partial charge in [0.2, 0.25) is 6.35 Å². The van der Waals surface area contributed by atoms with E-state index in [0.29, 0.717) is 34.5 Å². The normalized spacial score (nSPS) is 20.5. The maximum absolute atomic E-state index is 13.4. The van der Waals surface area contributed by atoms with E-state index in [2.05, 4.69) is 4.98 Å². The lowest BCUT2D eigenvalue weighted by molar-refractivity contribution is 0.00112. The van der Waals surface area contributed by atoms with Crippen LogP contribution in [0.1, 0.15) is 28.9 Å². The lowest BCUT2D eigenvalue weighted by atomic mass is 10.1. The molecule has 4 rings (SSSR count). The minimum absolute atomic E-state index is 0.102. The van der Waals surface area contributed by atoms with E-state index >= 15 is 0 Å². The molecular formula is C22H23Cl3N4O4. The highest BCUT2D eigenvalue weighted by molar-refractivity contribution is 6.37. The second kappa shape index (κ2) is 9.95. The standard InChI is InChI=1S/C22H23Cl3N4O4/c1-27-19-18(20(31)28(22(27)32)9-2-10-30)29(12-13-3-5-14(23)6-4-13)21(26-19)33-15-7-8-16(24)17(25)11-15/h3-8,17,22,30,32H,2,9-12H2,1H3. The van der Waals surface area contributed by atoms with Crippen molar-refractivity contribution < 1.29 is 19.7 Å². The summed E-state index contributed by atoms with van der Waals surface area (Å²) in [4.78, 5) is 20.7. The number of aliphatic hydroxyl groups is 2. The highest BCUT2D eigenvalue weighted by Crippen LogP contribution is 2.35. The van der Waals surface area contributed by atoms with Gasteiger partial charge in [0.1, 0.15) is 5.76 Å². The highest BCUT2D eigenvalue weighted by atomic mass is 35.5. The van der Waals surface area contributed by atoms with E-state index in [1.54, 1.807) is 35.9 Å². The number of alkyl halides is 1. The molecule has 2 atom stereocenters. The number of aliphatic hydroxyl groups excluding tert-OH is 2. The first kappa shape index (κ1) is 23.9. The smallest absolute Gasteiger partial charge is 0.304 e. The quantitative estimate of drug-likeness (QED) is 0.551. The van der Waals surface area contributed by atoms with Gasteiger partial charge in [-0.2, -0.15) is 4.98 Å². The van der Waals surface area contributed by atoms with E-state index < -0.39 is 17.6 Å². The first-order valence-electron chi connectivity index (χ1n) is 10.4. The lowest BCUT2D eigenvalue weighted by Gasteiger charge is -2.38. The summed E-state index contributed by atoms with van der Waals surface area (Å²) in [7, 11) is 1.64. The van der Waals surface area contributed by atoms with Crippen LogP contribution in [0.15, 0.2) is 47.2 Å². The van der Waals surface area contributed by atoms with Crippen molar-refractivity contribution in [2.24, 2.45) is 0 Å². The summed E-state index contributed by atoms with van der Waals surface area (Å²) in [6.07, 6.45) is 2.87. The summed E-state index contributed by atoms with van der Waals surface area (Å²) in [6.45, 7) is 0.368. The van der Waals surface area contributed by atoms with Crippen molar-refractivity contribution in [1.29, 1.82) is 0 Å². The number of benzene rings is 1. The van der Waals surface area contributed by atoms with Crippen molar-refractivity contribution in [3.05, 3.63) is 63.5 Å². The van der Waals surface area contributed by atoms with Crippen LogP contribution in [-0.4, -0.2) is 62.5 Å². The zero-order valence-electron chi connectivity index (χ0n) is 17.8. The molecule has 2 N–H and O–H groups in total. The van der Waals surface area contributed by atoms with E-state index in [-0.39, 0.29) is 31.4 Å². The van der Waals surface area contributed by atoms with Crippen LogP contribution in [0, 0.1) is 0 Å². The van der Waals surface area contributed by atoms with Gasteiger partial charge in [0.05, 0.1) is 11.9 Å². The number of halogens is 3. The van der Waals surface area contributed by atoms with Crippen molar-refractivity contribution in [3.8, 4) is 6.01 Å². The molecular weight excluding hydrogens is 491 g/mol. The lowest BCUT2D eigenvalue weighted by Crippen LogP contribution is -2.54. The average molecular weight is 514 g/mol. The number of amides is 1. The SMILES string of the molecule is CN1c2nc(OC3=CC=C(Cl)C(Cl)C3)n(Cc3ccc(Cl)cc3)c2C(=O)N(CCCO)C1O. The van der Waals surface area contributed by atoms with E-state index in [0.717, 1.165) is 5.56 Å². The number of anilines is 1. The second-order valence-corrected chi connectivity index (χ2v) is 9.17. The number of aromatic nitrogens is 2. The number of carbonyl (C=O) groups is 1. The molecule has 0 bridgehead atoms. The number of hydrogen-bond donors (Lipinski definition) is 2. The Hall–Kier alpha value is -2.23. The van der Waals surface area contributed by atoms with Crippen LogP contribution in [0.3, 0.4) is 0 Å². The number of fused-ring (bicyclic) bond motifs is 1. The van der Waals surface area contributed by atoms with Crippen LogP contribution in [0.2, 0.25) is 5.02 Å². The van der Waals surface area contributed by atoms with Crippen molar-refractivity contribution in [1.82, 2.24) is 14.5 Å². The number of allylic oxidation sites excluding steroid dienone is 4. The van der Waals surface area contributed by atoms with Gasteiger partial charge in [0.15, 0.2) is 11.5 Å². The number of rotatable bonds is 7. The average Bonchev–Trinajstić information content (AvgIpc) is 3.14. The molecule has 1 aliphatic heterocycles. The minimum atomic E-state index is -1.22. The van der Waals surface area contributed by atoms with E-state index in [4.69, 9.17) is 39.5 Å². The van der Waals surface area contributed by atoms with E-state index in [9.17, 15) is 15.0 Å². The Morgan fingerprint density at radius 3 is 2.61 bits per heavy atom. The fraction of sp³-hybridized carbons (Fsp3) is 0.364. The van der Waals surface area contributed by atoms with Gasteiger partial charge in [-0.25, -0.2) is 0 Å². The van der Waals surface area contributed by atoms with Gasteiger partial charge in [-0.15, -0.1) is 11.6 Å². The summed E-state index contributed by atoms with van der Waals surface area (Å²) in [5.74, 6) is 0.437. The van der Waals surface area contributed by atoms with Gasteiger partial charge < -0.3 is 19.8 Å². The summed E-state index contributed by atoms with van der Waals surface area (Å²) >= 11 is 18.4. The van der Waals surface area contributed by atoms with Crippen LogP contribution in [0.25, 0.3) is 0 Å². The predicted molar refractivity (Wildman–Crippen MR) is 127 cm³/mol. The maximum Gasteiger partial charge on any atom is 0.304 e. The molecule has 1 aromatic carbocycles. The molecule has 176 valence electrons. The Balaban J connectivity index is 1.77. The first-order valence-corrected chi connectivity index (χ1v) is 11.5. The third-order valence-corrected chi connectivity index (χ3v) is 6.62. The third kappa shape index (κ3) is 4.85. The van der Waals surface area contributed by atoms with Crippen LogP contribution in [-0.2, 0) is 6.54 Å². The topological polar surface area (TPSA) is 91.1 Å². The van der Waals surface area contributed by atoms with Crippen LogP contribution in [0.5, 0.6) is 6.01 Å². The zero-order chi connectivity index (χ0) is 23.7. The van der Waals surface area contributed by atoms with Crippen LogP contribution >= 0.6 is 34.8 Å². The molecule has 2 heterocycles. The molecule has 0 fully saturated rings.